The summed E-state index contributed by atoms with van der Waals surface area (Å²) in [6, 6.07) is 14.7. The van der Waals surface area contributed by atoms with Crippen molar-refractivity contribution in [1.29, 1.82) is 0 Å². The molecule has 1 aromatic carbocycles. The minimum atomic E-state index is -0.489. The molecular weight excluding hydrogens is 348 g/mol. The number of pyridine rings is 1. The van der Waals surface area contributed by atoms with Crippen LogP contribution in [0.15, 0.2) is 54.7 Å². The first-order valence-corrected chi connectivity index (χ1v) is 8.66. The molecule has 0 amide bonds. The highest BCUT2D eigenvalue weighted by atomic mass is 16.6. The van der Waals surface area contributed by atoms with Crippen LogP contribution in [0.4, 0.5) is 11.6 Å². The number of nitrogens with one attached hydrogen (secondary N) is 1. The summed E-state index contributed by atoms with van der Waals surface area (Å²) >= 11 is 0. The second-order valence-corrected chi connectivity index (χ2v) is 5.99. The summed E-state index contributed by atoms with van der Waals surface area (Å²) in [5, 5.41) is 14.5. The molecule has 0 radical (unpaired) electrons. The van der Waals surface area contributed by atoms with Gasteiger partial charge in [-0.15, -0.1) is 0 Å². The third-order valence-electron chi connectivity index (χ3n) is 4.14. The largest absolute Gasteiger partial charge is 0.466 e. The summed E-state index contributed by atoms with van der Waals surface area (Å²) in [4.78, 5) is 27.6. The first-order chi connectivity index (χ1) is 13.1. The topological polar surface area (TPSA) is 98.8 Å². The Morgan fingerprint density at radius 3 is 2.70 bits per heavy atom. The number of hydrogen-bond acceptors (Lipinski definition) is 6. The molecule has 0 bridgehead atoms. The van der Waals surface area contributed by atoms with E-state index in [4.69, 9.17) is 4.74 Å². The summed E-state index contributed by atoms with van der Waals surface area (Å²) in [6.45, 7) is 2.20. The molecule has 8 nitrogen and oxygen atoms in total. The fraction of sp³-hybridized carbons (Fsp3) is 0.263. The summed E-state index contributed by atoms with van der Waals surface area (Å²) in [5.41, 5.74) is 1.45. The van der Waals surface area contributed by atoms with Crippen molar-refractivity contribution < 1.29 is 14.5 Å². The number of nitro groups is 1. The minimum absolute atomic E-state index is 0.133. The lowest BCUT2D eigenvalue weighted by Crippen LogP contribution is -2.27. The average molecular weight is 368 g/mol. The van der Waals surface area contributed by atoms with Gasteiger partial charge in [0, 0.05) is 12.6 Å². The number of benzene rings is 1. The second-order valence-electron chi connectivity index (χ2n) is 5.99. The number of imidazole rings is 1. The van der Waals surface area contributed by atoms with Crippen molar-refractivity contribution in [3.63, 3.8) is 0 Å². The normalized spacial score (nSPS) is 11.9. The molecule has 2 aromatic heterocycles. The van der Waals surface area contributed by atoms with E-state index in [-0.39, 0.29) is 30.8 Å². The van der Waals surface area contributed by atoms with Crippen molar-refractivity contribution in [2.45, 2.75) is 13.3 Å². The van der Waals surface area contributed by atoms with Gasteiger partial charge >= 0.3 is 11.8 Å². The molecule has 0 fully saturated rings. The van der Waals surface area contributed by atoms with Gasteiger partial charge in [0.1, 0.15) is 0 Å². The zero-order valence-corrected chi connectivity index (χ0v) is 14.9. The van der Waals surface area contributed by atoms with Crippen molar-refractivity contribution in [2.24, 2.45) is 5.92 Å². The number of carbonyl (C=O) groups excluding carboxylic acids is 1. The van der Waals surface area contributed by atoms with Crippen molar-refractivity contribution in [3.05, 3.63) is 70.4 Å². The lowest BCUT2D eigenvalue weighted by atomic mass is 9.99. The summed E-state index contributed by atoms with van der Waals surface area (Å²) in [7, 11) is 0. The average Bonchev–Trinajstić information content (AvgIpc) is 3.04. The molecule has 27 heavy (non-hydrogen) atoms. The minimum Gasteiger partial charge on any atom is -0.466 e. The Balaban J connectivity index is 1.82. The zero-order chi connectivity index (χ0) is 19.2. The van der Waals surface area contributed by atoms with Gasteiger partial charge in [-0.25, -0.2) is 0 Å². The van der Waals surface area contributed by atoms with E-state index in [1.807, 2.05) is 30.3 Å². The Hall–Kier alpha value is -3.42. The molecule has 140 valence electrons. The molecule has 0 spiro atoms. The fourth-order valence-corrected chi connectivity index (χ4v) is 2.89. The molecule has 3 aromatic rings. The van der Waals surface area contributed by atoms with Crippen LogP contribution in [0.5, 0.6) is 0 Å². The van der Waals surface area contributed by atoms with Crippen LogP contribution in [0.25, 0.3) is 5.65 Å². The van der Waals surface area contributed by atoms with E-state index in [2.05, 4.69) is 10.3 Å². The van der Waals surface area contributed by atoms with Gasteiger partial charge in [0.15, 0.2) is 0 Å². The monoisotopic (exact) mass is 368 g/mol. The van der Waals surface area contributed by atoms with Crippen LogP contribution >= 0.6 is 0 Å². The van der Waals surface area contributed by atoms with Crippen molar-refractivity contribution in [2.75, 3.05) is 18.5 Å². The van der Waals surface area contributed by atoms with Crippen LogP contribution in [0.1, 0.15) is 12.5 Å². The lowest BCUT2D eigenvalue weighted by Gasteiger charge is -2.16. The molecular formula is C19H20N4O4. The Kier molecular flexibility index (Phi) is 5.65. The highest BCUT2D eigenvalue weighted by Gasteiger charge is 2.25. The van der Waals surface area contributed by atoms with Crippen LogP contribution < -0.4 is 5.32 Å². The predicted molar refractivity (Wildman–Crippen MR) is 101 cm³/mol. The number of hydrogen-bond donors (Lipinski definition) is 1. The molecule has 2 heterocycles. The van der Waals surface area contributed by atoms with E-state index in [1.54, 1.807) is 31.3 Å². The van der Waals surface area contributed by atoms with Gasteiger partial charge < -0.3 is 20.2 Å². The van der Waals surface area contributed by atoms with Crippen LogP contribution in [0.2, 0.25) is 0 Å². The first kappa shape index (κ1) is 18.4. The summed E-state index contributed by atoms with van der Waals surface area (Å²) < 4.78 is 6.56. The molecule has 0 aliphatic rings. The Morgan fingerprint density at radius 1 is 1.26 bits per heavy atom. The molecule has 1 atom stereocenters. The number of aromatic nitrogens is 2. The van der Waals surface area contributed by atoms with Gasteiger partial charge in [0.2, 0.25) is 11.5 Å². The Morgan fingerprint density at radius 2 is 2.00 bits per heavy atom. The molecule has 0 saturated heterocycles. The maximum atomic E-state index is 12.3. The third-order valence-corrected chi connectivity index (χ3v) is 4.14. The smallest absolute Gasteiger partial charge is 0.372 e. The van der Waals surface area contributed by atoms with E-state index in [1.165, 1.54) is 4.40 Å². The lowest BCUT2D eigenvalue weighted by molar-refractivity contribution is -0.389. The number of fused-ring (bicyclic) bond motifs is 1. The van der Waals surface area contributed by atoms with E-state index < -0.39 is 10.8 Å². The number of anilines is 1. The van der Waals surface area contributed by atoms with Gasteiger partial charge in [0.05, 0.1) is 18.7 Å². The molecule has 8 heteroatoms. The van der Waals surface area contributed by atoms with Crippen LogP contribution in [0.3, 0.4) is 0 Å². The number of nitrogens with zero attached hydrogens (tertiary/aromatic N) is 3. The van der Waals surface area contributed by atoms with E-state index in [9.17, 15) is 14.9 Å². The Bertz CT molecular complexity index is 939. The van der Waals surface area contributed by atoms with Gasteiger partial charge in [-0.05, 0) is 29.9 Å². The maximum absolute atomic E-state index is 12.3. The highest BCUT2D eigenvalue weighted by Crippen LogP contribution is 2.25. The molecule has 0 aliphatic carbocycles. The SMILES string of the molecule is CCOC(=O)C(CNc1nc2ccccn2c1[N+](=O)[O-])Cc1ccccc1. The van der Waals surface area contributed by atoms with Crippen LogP contribution in [0, 0.1) is 16.0 Å². The van der Waals surface area contributed by atoms with E-state index >= 15 is 0 Å². The van der Waals surface area contributed by atoms with Crippen molar-refractivity contribution in [1.82, 2.24) is 9.38 Å². The van der Waals surface area contributed by atoms with Crippen LogP contribution in [-0.4, -0.2) is 33.4 Å². The second kappa shape index (κ2) is 8.31. The molecule has 1 unspecified atom stereocenters. The van der Waals surface area contributed by atoms with Gasteiger partial charge in [-0.1, -0.05) is 36.4 Å². The molecule has 0 saturated carbocycles. The van der Waals surface area contributed by atoms with E-state index in [0.717, 1.165) is 5.56 Å². The summed E-state index contributed by atoms with van der Waals surface area (Å²) in [5.74, 6) is -0.862. The van der Waals surface area contributed by atoms with Gasteiger partial charge in [-0.3, -0.25) is 4.79 Å². The van der Waals surface area contributed by atoms with E-state index in [0.29, 0.717) is 12.1 Å². The number of ether oxygens (including phenoxy) is 1. The first-order valence-electron chi connectivity index (χ1n) is 8.66. The van der Waals surface area contributed by atoms with Crippen molar-refractivity contribution >= 4 is 23.3 Å². The fourth-order valence-electron chi connectivity index (χ4n) is 2.89. The number of esters is 1. The van der Waals surface area contributed by atoms with Gasteiger partial charge in [0.25, 0.3) is 0 Å². The summed E-state index contributed by atoms with van der Waals surface area (Å²) in [6.07, 6.45) is 2.05. The zero-order valence-electron chi connectivity index (χ0n) is 14.9. The van der Waals surface area contributed by atoms with Crippen LogP contribution in [-0.2, 0) is 16.0 Å². The molecule has 3 rings (SSSR count). The maximum Gasteiger partial charge on any atom is 0.372 e. The van der Waals surface area contributed by atoms with Gasteiger partial charge in [-0.2, -0.15) is 9.38 Å². The predicted octanol–water partition coefficient (Wildman–Crippen LogP) is 3.08. The quantitative estimate of drug-likeness (QED) is 0.373. The number of rotatable bonds is 8. The third kappa shape index (κ3) is 4.22. The standard InChI is InChI=1S/C19H20N4O4/c1-2-27-19(24)15(12-14-8-4-3-5-9-14)13-20-17-18(23(25)26)22-11-7-6-10-16(22)21-17/h3-11,15,20H,2,12-13H2,1H3. The van der Waals surface area contributed by atoms with Crippen molar-refractivity contribution in [3.8, 4) is 0 Å². The Labute approximate surface area is 155 Å². The molecule has 1 N–H and O–H groups in total. The molecule has 0 aliphatic heterocycles. The highest BCUT2D eigenvalue weighted by molar-refractivity contribution is 5.74. The number of carbonyl (C=O) groups is 1.